The van der Waals surface area contributed by atoms with Crippen LogP contribution in [0.3, 0.4) is 0 Å². The van der Waals surface area contributed by atoms with Gasteiger partial charge in [0.15, 0.2) is 0 Å². The van der Waals surface area contributed by atoms with E-state index in [9.17, 15) is 9.18 Å². The number of carbonyl (C=O) groups excluding carboxylic acids is 1. The third-order valence-electron chi connectivity index (χ3n) is 3.23. The van der Waals surface area contributed by atoms with E-state index >= 15 is 0 Å². The van der Waals surface area contributed by atoms with Crippen LogP contribution in [0.1, 0.15) is 13.3 Å². The summed E-state index contributed by atoms with van der Waals surface area (Å²) in [4.78, 5) is 14.6. The second kappa shape index (κ2) is 6.91. The second-order valence-electron chi connectivity index (χ2n) is 4.67. The molecule has 3 nitrogen and oxygen atoms in total. The summed E-state index contributed by atoms with van der Waals surface area (Å²) < 4.78 is 13.4. The average Bonchev–Trinajstić information content (AvgIpc) is 2.41. The van der Waals surface area contributed by atoms with Gasteiger partial charge in [0, 0.05) is 42.7 Å². The highest BCUT2D eigenvalue weighted by atomic mass is 32.2. The van der Waals surface area contributed by atoms with Gasteiger partial charge < -0.3 is 10.2 Å². The van der Waals surface area contributed by atoms with Gasteiger partial charge in [-0.3, -0.25) is 4.79 Å². The molecular formula is C14H19FN2OS. The van der Waals surface area contributed by atoms with Gasteiger partial charge in [-0.25, -0.2) is 4.39 Å². The number of halogens is 1. The topological polar surface area (TPSA) is 32.3 Å². The molecule has 0 saturated carbocycles. The Balaban J connectivity index is 1.79. The Morgan fingerprint density at radius 3 is 3.05 bits per heavy atom. The van der Waals surface area contributed by atoms with Crippen molar-refractivity contribution in [2.24, 2.45) is 0 Å². The highest BCUT2D eigenvalue weighted by molar-refractivity contribution is 7.99. The largest absolute Gasteiger partial charge is 0.337 e. The molecule has 1 aromatic rings. The van der Waals surface area contributed by atoms with Crippen LogP contribution in [0.15, 0.2) is 29.2 Å². The van der Waals surface area contributed by atoms with Gasteiger partial charge in [0.1, 0.15) is 5.82 Å². The standard InChI is InChI=1S/C14H19FN2OS/c1-11-10-16-7-8-17(11)14(18)6-9-19-13-5-3-2-4-12(13)15/h2-5,11,16H,6-10H2,1H3. The lowest BCUT2D eigenvalue weighted by Gasteiger charge is -2.34. The van der Waals surface area contributed by atoms with E-state index in [1.807, 2.05) is 17.9 Å². The normalized spacial score (nSPS) is 19.5. The highest BCUT2D eigenvalue weighted by Gasteiger charge is 2.22. The summed E-state index contributed by atoms with van der Waals surface area (Å²) in [6.45, 7) is 4.53. The van der Waals surface area contributed by atoms with E-state index in [0.717, 1.165) is 19.6 Å². The van der Waals surface area contributed by atoms with E-state index < -0.39 is 0 Å². The van der Waals surface area contributed by atoms with Gasteiger partial charge in [0.2, 0.25) is 5.91 Å². The number of thioether (sulfide) groups is 1. The minimum absolute atomic E-state index is 0.165. The van der Waals surface area contributed by atoms with Crippen LogP contribution in [-0.2, 0) is 4.79 Å². The average molecular weight is 282 g/mol. The molecule has 1 atom stereocenters. The van der Waals surface area contributed by atoms with Gasteiger partial charge in [-0.15, -0.1) is 11.8 Å². The van der Waals surface area contributed by atoms with Crippen LogP contribution in [-0.4, -0.2) is 42.2 Å². The first-order valence-corrected chi connectivity index (χ1v) is 7.54. The minimum atomic E-state index is -0.213. The number of nitrogens with one attached hydrogen (secondary N) is 1. The minimum Gasteiger partial charge on any atom is -0.337 e. The Morgan fingerprint density at radius 2 is 2.32 bits per heavy atom. The smallest absolute Gasteiger partial charge is 0.223 e. The predicted molar refractivity (Wildman–Crippen MR) is 75.8 cm³/mol. The summed E-state index contributed by atoms with van der Waals surface area (Å²) in [7, 11) is 0. The number of hydrogen-bond donors (Lipinski definition) is 1. The van der Waals surface area contributed by atoms with Gasteiger partial charge in [0.25, 0.3) is 0 Å². The summed E-state index contributed by atoms with van der Waals surface area (Å²) in [5.41, 5.74) is 0. The Hall–Kier alpha value is -1.07. The maximum Gasteiger partial charge on any atom is 0.223 e. The summed E-state index contributed by atoms with van der Waals surface area (Å²) in [5.74, 6) is 0.574. The number of carbonyl (C=O) groups is 1. The number of benzene rings is 1. The molecule has 0 aliphatic carbocycles. The molecule has 1 aliphatic rings. The van der Waals surface area contributed by atoms with Crippen LogP contribution in [0.25, 0.3) is 0 Å². The third kappa shape index (κ3) is 3.94. The molecule has 1 saturated heterocycles. The third-order valence-corrected chi connectivity index (χ3v) is 4.28. The molecule has 0 aromatic heterocycles. The van der Waals surface area contributed by atoms with Crippen molar-refractivity contribution < 1.29 is 9.18 Å². The van der Waals surface area contributed by atoms with Crippen LogP contribution in [0, 0.1) is 5.82 Å². The molecule has 1 N–H and O–H groups in total. The Kier molecular flexibility index (Phi) is 5.22. The van der Waals surface area contributed by atoms with Gasteiger partial charge in [0.05, 0.1) is 0 Å². The number of nitrogens with zero attached hydrogens (tertiary/aromatic N) is 1. The number of piperazine rings is 1. The zero-order chi connectivity index (χ0) is 13.7. The lowest BCUT2D eigenvalue weighted by Crippen LogP contribution is -2.52. The van der Waals surface area contributed by atoms with Crippen molar-refractivity contribution in [2.75, 3.05) is 25.4 Å². The molecule has 0 bridgehead atoms. The van der Waals surface area contributed by atoms with Crippen molar-refractivity contribution in [3.8, 4) is 0 Å². The lowest BCUT2D eigenvalue weighted by atomic mass is 10.2. The zero-order valence-electron chi connectivity index (χ0n) is 11.1. The first kappa shape index (κ1) is 14.3. The molecule has 1 amide bonds. The van der Waals surface area contributed by atoms with Crippen LogP contribution in [0.4, 0.5) is 4.39 Å². The van der Waals surface area contributed by atoms with Crippen molar-refractivity contribution in [1.29, 1.82) is 0 Å². The van der Waals surface area contributed by atoms with Crippen molar-refractivity contribution in [3.63, 3.8) is 0 Å². The molecule has 1 fully saturated rings. The first-order valence-electron chi connectivity index (χ1n) is 6.56. The number of amides is 1. The molecule has 104 valence electrons. The van der Waals surface area contributed by atoms with Crippen LogP contribution in [0.2, 0.25) is 0 Å². The van der Waals surface area contributed by atoms with Crippen LogP contribution in [0.5, 0.6) is 0 Å². The predicted octanol–water partition coefficient (Wildman–Crippen LogP) is 2.13. The SMILES string of the molecule is CC1CNCCN1C(=O)CCSc1ccccc1F. The molecule has 0 spiro atoms. The number of hydrogen-bond acceptors (Lipinski definition) is 3. The fraction of sp³-hybridized carbons (Fsp3) is 0.500. The summed E-state index contributed by atoms with van der Waals surface area (Å²) in [6.07, 6.45) is 0.462. The van der Waals surface area contributed by atoms with E-state index in [1.54, 1.807) is 12.1 Å². The van der Waals surface area contributed by atoms with Crippen molar-refractivity contribution in [3.05, 3.63) is 30.1 Å². The Bertz CT molecular complexity index is 441. The number of rotatable bonds is 4. The van der Waals surface area contributed by atoms with Crippen molar-refractivity contribution >= 4 is 17.7 Å². The van der Waals surface area contributed by atoms with Crippen molar-refractivity contribution in [2.45, 2.75) is 24.3 Å². The van der Waals surface area contributed by atoms with Gasteiger partial charge in [-0.05, 0) is 19.1 Å². The lowest BCUT2D eigenvalue weighted by molar-refractivity contribution is -0.133. The maximum absolute atomic E-state index is 13.4. The van der Waals surface area contributed by atoms with E-state index in [2.05, 4.69) is 5.32 Å². The van der Waals surface area contributed by atoms with Crippen molar-refractivity contribution in [1.82, 2.24) is 10.2 Å². The monoisotopic (exact) mass is 282 g/mol. The quantitative estimate of drug-likeness (QED) is 0.859. The van der Waals surface area contributed by atoms with E-state index in [0.29, 0.717) is 17.1 Å². The molecule has 1 unspecified atom stereocenters. The maximum atomic E-state index is 13.4. The molecule has 1 heterocycles. The Morgan fingerprint density at radius 1 is 1.53 bits per heavy atom. The van der Waals surface area contributed by atoms with Gasteiger partial charge in [-0.1, -0.05) is 12.1 Å². The molecule has 5 heteroatoms. The second-order valence-corrected chi connectivity index (χ2v) is 5.81. The highest BCUT2D eigenvalue weighted by Crippen LogP contribution is 2.22. The molecular weight excluding hydrogens is 263 g/mol. The van der Waals surface area contributed by atoms with E-state index in [1.165, 1.54) is 17.8 Å². The summed E-state index contributed by atoms with van der Waals surface area (Å²) in [6, 6.07) is 6.93. The first-order chi connectivity index (χ1) is 9.18. The summed E-state index contributed by atoms with van der Waals surface area (Å²) >= 11 is 1.40. The molecule has 1 aromatic carbocycles. The fourth-order valence-electron chi connectivity index (χ4n) is 2.17. The molecule has 1 aliphatic heterocycles. The van der Waals surface area contributed by atoms with Crippen LogP contribution < -0.4 is 5.32 Å². The van der Waals surface area contributed by atoms with E-state index in [4.69, 9.17) is 0 Å². The Labute approximate surface area is 117 Å². The molecule has 2 rings (SSSR count). The van der Waals surface area contributed by atoms with Gasteiger partial charge >= 0.3 is 0 Å². The molecule has 19 heavy (non-hydrogen) atoms. The summed E-state index contributed by atoms with van der Waals surface area (Å²) in [5, 5.41) is 3.26. The molecule has 0 radical (unpaired) electrons. The van der Waals surface area contributed by atoms with Gasteiger partial charge in [-0.2, -0.15) is 0 Å². The van der Waals surface area contributed by atoms with E-state index in [-0.39, 0.29) is 17.8 Å². The fourth-order valence-corrected chi connectivity index (χ4v) is 3.04. The zero-order valence-corrected chi connectivity index (χ0v) is 11.9. The van der Waals surface area contributed by atoms with Crippen LogP contribution >= 0.6 is 11.8 Å².